The Labute approximate surface area is 120 Å². The van der Waals surface area contributed by atoms with Crippen molar-refractivity contribution in [2.45, 2.75) is 0 Å². The van der Waals surface area contributed by atoms with Gasteiger partial charge in [-0.15, -0.1) is 0 Å². The molecule has 3 aromatic rings. The number of carbonyl (C=O) groups is 1. The zero-order chi connectivity index (χ0) is 14.7. The first-order chi connectivity index (χ1) is 10.2. The van der Waals surface area contributed by atoms with Gasteiger partial charge in [-0.1, -0.05) is 23.4 Å². The van der Waals surface area contributed by atoms with Crippen molar-refractivity contribution in [1.29, 1.82) is 0 Å². The molecular weight excluding hydrogens is 270 g/mol. The number of benzene rings is 2. The zero-order valence-electron chi connectivity index (χ0n) is 10.9. The number of hydrogen-bond donors (Lipinski definition) is 2. The third-order valence-electron chi connectivity index (χ3n) is 2.84. The van der Waals surface area contributed by atoms with Crippen molar-refractivity contribution in [3.63, 3.8) is 0 Å². The first-order valence-electron chi connectivity index (χ1n) is 6.22. The number of nitrogens with one attached hydrogen (secondary N) is 1. The molecule has 21 heavy (non-hydrogen) atoms. The maximum absolute atomic E-state index is 10.5. The number of amides is 1. The van der Waals surface area contributed by atoms with Gasteiger partial charge >= 0.3 is 6.09 Å². The minimum atomic E-state index is -1.10. The summed E-state index contributed by atoms with van der Waals surface area (Å²) in [6.45, 7) is 0. The van der Waals surface area contributed by atoms with Crippen LogP contribution in [0.15, 0.2) is 59.1 Å². The summed E-state index contributed by atoms with van der Waals surface area (Å²) in [6.07, 6.45) is -1.10. The Hall–Kier alpha value is -3.15. The fourth-order valence-corrected chi connectivity index (χ4v) is 1.86. The minimum Gasteiger partial charge on any atom is -0.465 e. The number of nitrogens with zero attached hydrogens (tertiary/aromatic N) is 2. The van der Waals surface area contributed by atoms with Gasteiger partial charge in [0.05, 0.1) is 0 Å². The lowest BCUT2D eigenvalue weighted by molar-refractivity contribution is 0.210. The third kappa shape index (κ3) is 2.89. The predicted octanol–water partition coefficient (Wildman–Crippen LogP) is 3.49. The Morgan fingerprint density at radius 2 is 1.71 bits per heavy atom. The summed E-state index contributed by atoms with van der Waals surface area (Å²) in [5, 5.41) is 14.8. The molecule has 0 unspecified atom stereocenters. The van der Waals surface area contributed by atoms with Crippen molar-refractivity contribution in [3.05, 3.63) is 54.6 Å². The minimum absolute atomic E-state index is 0.443. The molecule has 1 aromatic heterocycles. The molecule has 0 aliphatic heterocycles. The van der Waals surface area contributed by atoms with Crippen LogP contribution in [0.2, 0.25) is 0 Å². The highest BCUT2D eigenvalue weighted by molar-refractivity contribution is 5.83. The van der Waals surface area contributed by atoms with E-state index in [-0.39, 0.29) is 0 Å². The third-order valence-corrected chi connectivity index (χ3v) is 2.84. The highest BCUT2D eigenvalue weighted by Crippen LogP contribution is 2.23. The average molecular weight is 281 g/mol. The van der Waals surface area contributed by atoms with E-state index in [0.717, 1.165) is 11.1 Å². The second kappa shape index (κ2) is 5.46. The molecule has 0 saturated heterocycles. The van der Waals surface area contributed by atoms with Crippen LogP contribution in [-0.4, -0.2) is 21.3 Å². The summed E-state index contributed by atoms with van der Waals surface area (Å²) in [5.41, 5.74) is 2.08. The Kier molecular flexibility index (Phi) is 3.34. The highest BCUT2D eigenvalue weighted by atomic mass is 16.5. The van der Waals surface area contributed by atoms with Crippen LogP contribution < -0.4 is 5.32 Å². The monoisotopic (exact) mass is 281 g/mol. The van der Waals surface area contributed by atoms with E-state index in [9.17, 15) is 4.79 Å². The number of aromatic nitrogens is 2. The van der Waals surface area contributed by atoms with Crippen LogP contribution in [-0.2, 0) is 0 Å². The first-order valence-corrected chi connectivity index (χ1v) is 6.22. The van der Waals surface area contributed by atoms with Gasteiger partial charge in [0.25, 0.3) is 5.89 Å². The largest absolute Gasteiger partial charge is 0.465 e. The van der Waals surface area contributed by atoms with E-state index >= 15 is 0 Å². The van der Waals surface area contributed by atoms with Gasteiger partial charge in [-0.2, -0.15) is 4.98 Å². The highest BCUT2D eigenvalue weighted by Gasteiger charge is 2.10. The molecule has 0 atom stereocenters. The molecule has 0 fully saturated rings. The van der Waals surface area contributed by atoms with Gasteiger partial charge in [0.1, 0.15) is 0 Å². The molecule has 0 radical (unpaired) electrons. The van der Waals surface area contributed by atoms with Crippen LogP contribution in [0.1, 0.15) is 0 Å². The van der Waals surface area contributed by atoms with Crippen LogP contribution in [0.25, 0.3) is 22.8 Å². The molecule has 2 N–H and O–H groups in total. The molecule has 1 heterocycles. The van der Waals surface area contributed by atoms with E-state index in [4.69, 9.17) is 9.63 Å². The standard InChI is InChI=1S/C15H11N3O3/c19-15(20)16-12-8-6-10(7-9-12)13-17-14(21-18-13)11-4-2-1-3-5-11/h1-9,16H,(H,19,20). The smallest absolute Gasteiger partial charge is 0.409 e. The summed E-state index contributed by atoms with van der Waals surface area (Å²) < 4.78 is 5.23. The molecule has 0 spiro atoms. The van der Waals surface area contributed by atoms with E-state index in [1.165, 1.54) is 0 Å². The Morgan fingerprint density at radius 3 is 2.38 bits per heavy atom. The molecular formula is C15H11N3O3. The van der Waals surface area contributed by atoms with Crippen molar-refractivity contribution >= 4 is 11.8 Å². The summed E-state index contributed by atoms with van der Waals surface area (Å²) >= 11 is 0. The van der Waals surface area contributed by atoms with Gasteiger partial charge in [0.15, 0.2) is 0 Å². The number of anilines is 1. The Morgan fingerprint density at radius 1 is 1.00 bits per heavy atom. The molecule has 6 heteroatoms. The lowest BCUT2D eigenvalue weighted by Gasteiger charge is -2.00. The van der Waals surface area contributed by atoms with E-state index < -0.39 is 6.09 Å². The van der Waals surface area contributed by atoms with Crippen LogP contribution in [0.4, 0.5) is 10.5 Å². The summed E-state index contributed by atoms with van der Waals surface area (Å²) in [6, 6.07) is 16.2. The van der Waals surface area contributed by atoms with Crippen LogP contribution in [0, 0.1) is 0 Å². The molecule has 104 valence electrons. The van der Waals surface area contributed by atoms with Gasteiger partial charge in [0, 0.05) is 16.8 Å². The molecule has 3 rings (SSSR count). The zero-order valence-corrected chi connectivity index (χ0v) is 10.9. The summed E-state index contributed by atoms with van der Waals surface area (Å²) in [7, 11) is 0. The van der Waals surface area contributed by atoms with E-state index in [0.29, 0.717) is 17.4 Å². The lowest BCUT2D eigenvalue weighted by Crippen LogP contribution is -2.06. The summed E-state index contributed by atoms with van der Waals surface area (Å²) in [5.74, 6) is 0.897. The lowest BCUT2D eigenvalue weighted by atomic mass is 10.2. The fourth-order valence-electron chi connectivity index (χ4n) is 1.86. The van der Waals surface area contributed by atoms with Gasteiger partial charge in [0.2, 0.25) is 5.82 Å². The fraction of sp³-hybridized carbons (Fsp3) is 0. The Bertz CT molecular complexity index is 751. The maximum atomic E-state index is 10.5. The molecule has 0 bridgehead atoms. The summed E-state index contributed by atoms with van der Waals surface area (Å²) in [4.78, 5) is 14.9. The van der Waals surface area contributed by atoms with Crippen molar-refractivity contribution < 1.29 is 14.4 Å². The van der Waals surface area contributed by atoms with Crippen LogP contribution in [0.5, 0.6) is 0 Å². The molecule has 1 amide bonds. The second-order valence-corrected chi connectivity index (χ2v) is 4.30. The van der Waals surface area contributed by atoms with Gasteiger partial charge in [-0.3, -0.25) is 5.32 Å². The van der Waals surface area contributed by atoms with E-state index in [1.807, 2.05) is 30.3 Å². The van der Waals surface area contributed by atoms with Gasteiger partial charge < -0.3 is 9.63 Å². The van der Waals surface area contributed by atoms with Crippen molar-refractivity contribution in [2.24, 2.45) is 0 Å². The predicted molar refractivity (Wildman–Crippen MR) is 76.8 cm³/mol. The van der Waals surface area contributed by atoms with Crippen LogP contribution in [0.3, 0.4) is 0 Å². The van der Waals surface area contributed by atoms with Crippen molar-refractivity contribution in [3.8, 4) is 22.8 Å². The Balaban J connectivity index is 1.85. The quantitative estimate of drug-likeness (QED) is 0.767. The molecule has 0 aliphatic rings. The normalized spacial score (nSPS) is 10.3. The first kappa shape index (κ1) is 12.9. The molecule has 0 saturated carbocycles. The van der Waals surface area contributed by atoms with Crippen LogP contribution >= 0.6 is 0 Å². The van der Waals surface area contributed by atoms with E-state index in [2.05, 4.69) is 15.5 Å². The van der Waals surface area contributed by atoms with Gasteiger partial charge in [-0.05, 0) is 36.4 Å². The average Bonchev–Trinajstić information content (AvgIpc) is 2.98. The number of carboxylic acid groups (broad SMARTS) is 1. The molecule has 2 aromatic carbocycles. The number of rotatable bonds is 3. The van der Waals surface area contributed by atoms with E-state index in [1.54, 1.807) is 24.3 Å². The van der Waals surface area contributed by atoms with Crippen molar-refractivity contribution in [2.75, 3.05) is 5.32 Å². The number of hydrogen-bond acceptors (Lipinski definition) is 4. The maximum Gasteiger partial charge on any atom is 0.409 e. The SMILES string of the molecule is O=C(O)Nc1ccc(-c2noc(-c3ccccc3)n2)cc1. The molecule has 6 nitrogen and oxygen atoms in total. The van der Waals surface area contributed by atoms with Crippen molar-refractivity contribution in [1.82, 2.24) is 10.1 Å². The second-order valence-electron chi connectivity index (χ2n) is 4.30. The van der Waals surface area contributed by atoms with Gasteiger partial charge in [-0.25, -0.2) is 4.79 Å². The topological polar surface area (TPSA) is 88.2 Å². The molecule has 0 aliphatic carbocycles.